The van der Waals surface area contributed by atoms with Crippen LogP contribution in [0.2, 0.25) is 0 Å². The Bertz CT molecular complexity index is 413. The molecule has 2 aliphatic rings. The molecule has 2 rings (SSSR count). The van der Waals surface area contributed by atoms with E-state index >= 15 is 0 Å². The van der Waals surface area contributed by atoms with Crippen molar-refractivity contribution in [2.75, 3.05) is 26.7 Å². The van der Waals surface area contributed by atoms with Gasteiger partial charge in [0.2, 0.25) is 0 Å². The first-order valence-corrected chi connectivity index (χ1v) is 9.62. The van der Waals surface area contributed by atoms with Crippen molar-refractivity contribution in [3.8, 4) is 0 Å². The minimum absolute atomic E-state index is 0.0532. The first kappa shape index (κ1) is 20.1. The van der Waals surface area contributed by atoms with Crippen LogP contribution >= 0.6 is 0 Å². The Labute approximate surface area is 148 Å². The van der Waals surface area contributed by atoms with Gasteiger partial charge < -0.3 is 0 Å². The third kappa shape index (κ3) is 4.69. The van der Waals surface area contributed by atoms with Gasteiger partial charge in [0.05, 0.1) is 0 Å². The van der Waals surface area contributed by atoms with Crippen molar-refractivity contribution in [2.24, 2.45) is 16.7 Å². The zero-order valence-electron chi connectivity index (χ0n) is 16.8. The fourth-order valence-corrected chi connectivity index (χ4v) is 5.25. The van der Waals surface area contributed by atoms with Gasteiger partial charge in [0.25, 0.3) is 0 Å². The molecule has 0 bridgehead atoms. The molecule has 2 nitrogen and oxygen atoms in total. The van der Waals surface area contributed by atoms with E-state index in [9.17, 15) is 8.78 Å². The Morgan fingerprint density at radius 1 is 0.917 bits per heavy atom. The normalized spacial score (nSPS) is 37.6. The summed E-state index contributed by atoms with van der Waals surface area (Å²) in [6.45, 7) is 15.6. The Morgan fingerprint density at radius 3 is 2.08 bits per heavy atom. The van der Waals surface area contributed by atoms with Crippen LogP contribution in [0.4, 0.5) is 8.78 Å². The molecule has 5 unspecified atom stereocenters. The van der Waals surface area contributed by atoms with Crippen molar-refractivity contribution in [3.05, 3.63) is 0 Å². The fourth-order valence-electron chi connectivity index (χ4n) is 5.25. The molecule has 0 radical (unpaired) electrons. The van der Waals surface area contributed by atoms with Crippen molar-refractivity contribution < 1.29 is 8.78 Å². The summed E-state index contributed by atoms with van der Waals surface area (Å²) in [6, 6.07) is 0.611. The summed E-state index contributed by atoms with van der Waals surface area (Å²) in [6.07, 6.45) is 0.440. The van der Waals surface area contributed by atoms with E-state index in [1.165, 1.54) is 0 Å². The van der Waals surface area contributed by atoms with Crippen LogP contribution in [0.3, 0.4) is 0 Å². The predicted molar refractivity (Wildman–Crippen MR) is 97.8 cm³/mol. The Morgan fingerprint density at radius 2 is 1.54 bits per heavy atom. The zero-order chi connectivity index (χ0) is 18.3. The number of rotatable bonds is 2. The highest BCUT2D eigenvalue weighted by Gasteiger charge is 2.44. The van der Waals surface area contributed by atoms with Gasteiger partial charge in [-0.15, -0.1) is 0 Å². The van der Waals surface area contributed by atoms with Crippen LogP contribution in [-0.4, -0.2) is 60.9 Å². The molecule has 2 heterocycles. The highest BCUT2D eigenvalue weighted by molar-refractivity contribution is 4.97. The summed E-state index contributed by atoms with van der Waals surface area (Å²) >= 11 is 0. The topological polar surface area (TPSA) is 6.48 Å². The number of hydrogen-bond acceptors (Lipinski definition) is 2. The number of halogens is 2. The first-order chi connectivity index (χ1) is 10.9. The molecule has 2 aliphatic heterocycles. The minimum Gasteiger partial charge on any atom is -0.300 e. The molecule has 0 spiro atoms. The third-order valence-corrected chi connectivity index (χ3v) is 5.97. The quantitative estimate of drug-likeness (QED) is 0.726. The van der Waals surface area contributed by atoms with E-state index < -0.39 is 12.3 Å². The highest BCUT2D eigenvalue weighted by atomic mass is 19.1. The maximum absolute atomic E-state index is 14.3. The molecule has 0 aliphatic carbocycles. The van der Waals surface area contributed by atoms with Gasteiger partial charge in [0.1, 0.15) is 12.3 Å². The summed E-state index contributed by atoms with van der Waals surface area (Å²) in [4.78, 5) is 4.68. The molecular weight excluding hydrogens is 306 g/mol. The summed E-state index contributed by atoms with van der Waals surface area (Å²) < 4.78 is 28.3. The van der Waals surface area contributed by atoms with Crippen LogP contribution in [0.25, 0.3) is 0 Å². The van der Waals surface area contributed by atoms with Crippen LogP contribution in [0.15, 0.2) is 0 Å². The van der Waals surface area contributed by atoms with E-state index in [0.717, 1.165) is 13.1 Å². The number of piperidine rings is 2. The second-order valence-electron chi connectivity index (χ2n) is 10.3. The second-order valence-corrected chi connectivity index (χ2v) is 10.3. The SMILES string of the molecule is CN1CC(F)CC(CN2CCC(F)CC2C(C)(C)C)C1C(C)(C)C. The lowest BCUT2D eigenvalue weighted by Gasteiger charge is -2.51. The first-order valence-electron chi connectivity index (χ1n) is 9.62. The largest absolute Gasteiger partial charge is 0.300 e. The van der Waals surface area contributed by atoms with E-state index in [0.29, 0.717) is 37.8 Å². The molecular formula is C20H38F2N2. The van der Waals surface area contributed by atoms with Crippen molar-refractivity contribution in [1.82, 2.24) is 9.80 Å². The van der Waals surface area contributed by atoms with Gasteiger partial charge in [0, 0.05) is 31.7 Å². The van der Waals surface area contributed by atoms with Crippen LogP contribution in [0.1, 0.15) is 60.8 Å². The van der Waals surface area contributed by atoms with E-state index in [1.54, 1.807) is 0 Å². The minimum atomic E-state index is -0.745. The second kappa shape index (κ2) is 7.19. The van der Waals surface area contributed by atoms with Crippen molar-refractivity contribution in [3.63, 3.8) is 0 Å². The van der Waals surface area contributed by atoms with Gasteiger partial charge >= 0.3 is 0 Å². The lowest BCUT2D eigenvalue weighted by molar-refractivity contribution is -0.0421. The molecule has 0 aromatic rings. The molecule has 0 aromatic heterocycles. The Kier molecular flexibility index (Phi) is 6.02. The lowest BCUT2D eigenvalue weighted by Crippen LogP contribution is -2.59. The molecule has 2 fully saturated rings. The molecule has 4 heteroatoms. The van der Waals surface area contributed by atoms with Crippen molar-refractivity contribution in [1.29, 1.82) is 0 Å². The number of likely N-dealkylation sites (tertiary alicyclic amines) is 2. The zero-order valence-corrected chi connectivity index (χ0v) is 16.8. The van der Waals surface area contributed by atoms with Crippen LogP contribution in [-0.2, 0) is 0 Å². The maximum Gasteiger partial charge on any atom is 0.113 e. The summed E-state index contributed by atoms with van der Waals surface area (Å²) in [5, 5.41) is 0. The summed E-state index contributed by atoms with van der Waals surface area (Å²) in [7, 11) is 2.06. The van der Waals surface area contributed by atoms with Crippen LogP contribution < -0.4 is 0 Å². The van der Waals surface area contributed by atoms with E-state index in [4.69, 9.17) is 0 Å². The molecule has 0 aromatic carbocycles. The van der Waals surface area contributed by atoms with Gasteiger partial charge in [-0.05, 0) is 43.1 Å². The van der Waals surface area contributed by atoms with Gasteiger partial charge in [-0.1, -0.05) is 41.5 Å². The van der Waals surface area contributed by atoms with Crippen molar-refractivity contribution >= 4 is 0 Å². The fraction of sp³-hybridized carbons (Fsp3) is 1.00. The third-order valence-electron chi connectivity index (χ3n) is 5.97. The van der Waals surface area contributed by atoms with E-state index in [-0.39, 0.29) is 16.9 Å². The van der Waals surface area contributed by atoms with Gasteiger partial charge in [-0.25, -0.2) is 8.78 Å². The number of nitrogens with zero attached hydrogens (tertiary/aromatic N) is 2. The molecule has 0 N–H and O–H groups in total. The smallest absolute Gasteiger partial charge is 0.113 e. The number of hydrogen-bond donors (Lipinski definition) is 0. The van der Waals surface area contributed by atoms with E-state index in [1.807, 2.05) is 0 Å². The van der Waals surface area contributed by atoms with E-state index in [2.05, 4.69) is 58.4 Å². The number of alkyl halides is 2. The summed E-state index contributed by atoms with van der Waals surface area (Å²) in [5.41, 5.74) is 0.173. The Balaban J connectivity index is 2.18. The molecule has 2 saturated heterocycles. The average Bonchev–Trinajstić information content (AvgIpc) is 2.37. The van der Waals surface area contributed by atoms with Gasteiger partial charge in [-0.3, -0.25) is 9.80 Å². The van der Waals surface area contributed by atoms with Crippen LogP contribution in [0, 0.1) is 16.7 Å². The lowest BCUT2D eigenvalue weighted by atomic mass is 9.72. The predicted octanol–water partition coefficient (Wildman–Crippen LogP) is 4.54. The molecule has 0 amide bonds. The Hall–Kier alpha value is -0.220. The van der Waals surface area contributed by atoms with Crippen LogP contribution in [0.5, 0.6) is 0 Å². The molecule has 5 atom stereocenters. The highest BCUT2D eigenvalue weighted by Crippen LogP contribution is 2.39. The molecule has 24 heavy (non-hydrogen) atoms. The van der Waals surface area contributed by atoms with Gasteiger partial charge in [-0.2, -0.15) is 0 Å². The monoisotopic (exact) mass is 344 g/mol. The summed E-state index contributed by atoms with van der Waals surface area (Å²) in [5.74, 6) is 0.305. The molecule has 142 valence electrons. The molecule has 0 saturated carbocycles. The maximum atomic E-state index is 14.3. The van der Waals surface area contributed by atoms with Crippen molar-refractivity contribution in [2.45, 2.75) is 85.2 Å². The van der Waals surface area contributed by atoms with Gasteiger partial charge in [0.15, 0.2) is 0 Å². The average molecular weight is 345 g/mol. The standard InChI is InChI=1S/C20H38F2N2/c1-19(2,3)17-11-15(21)8-9-24(17)12-14-10-16(22)13-23(7)18(14)20(4,5)6/h14-18H,8-13H2,1-7H3.